The van der Waals surface area contributed by atoms with Crippen molar-refractivity contribution >= 4 is 11.8 Å². The Balaban J connectivity index is 1.61. The van der Waals surface area contributed by atoms with Gasteiger partial charge < -0.3 is 15.5 Å². The molecule has 0 aromatic heterocycles. The summed E-state index contributed by atoms with van der Waals surface area (Å²) in [6.07, 6.45) is 1.15. The molecule has 0 unspecified atom stereocenters. The fourth-order valence-electron chi connectivity index (χ4n) is 3.55. The van der Waals surface area contributed by atoms with Crippen LogP contribution in [-0.4, -0.2) is 41.4 Å². The van der Waals surface area contributed by atoms with Gasteiger partial charge in [-0.05, 0) is 36.5 Å². The van der Waals surface area contributed by atoms with Crippen molar-refractivity contribution in [3.8, 4) is 0 Å². The van der Waals surface area contributed by atoms with Gasteiger partial charge in [0.1, 0.15) is 12.1 Å². The molecule has 0 aliphatic carbocycles. The molecular formula is C18H23F2N3O2. The first kappa shape index (κ1) is 17.8. The highest BCUT2D eigenvalue weighted by Crippen LogP contribution is 2.25. The van der Waals surface area contributed by atoms with Crippen LogP contribution in [0.2, 0.25) is 0 Å². The summed E-state index contributed by atoms with van der Waals surface area (Å²) in [5, 5.41) is 6.06. The third kappa shape index (κ3) is 3.81. The van der Waals surface area contributed by atoms with Crippen LogP contribution in [-0.2, 0) is 16.1 Å². The lowest BCUT2D eigenvalue weighted by Crippen LogP contribution is -2.61. The van der Waals surface area contributed by atoms with E-state index in [1.54, 1.807) is 4.90 Å². The van der Waals surface area contributed by atoms with Crippen molar-refractivity contribution in [1.29, 1.82) is 0 Å². The molecule has 2 aliphatic rings. The lowest BCUT2D eigenvalue weighted by molar-refractivity contribution is -0.147. The zero-order valence-electron chi connectivity index (χ0n) is 14.4. The van der Waals surface area contributed by atoms with Gasteiger partial charge in [-0.3, -0.25) is 9.59 Å². The van der Waals surface area contributed by atoms with Gasteiger partial charge in [0.25, 0.3) is 0 Å². The molecule has 0 radical (unpaired) electrons. The second-order valence-electron chi connectivity index (χ2n) is 7.26. The molecule has 0 saturated carbocycles. The Morgan fingerprint density at radius 2 is 2.04 bits per heavy atom. The number of rotatable bonds is 5. The molecule has 2 saturated heterocycles. The predicted molar refractivity (Wildman–Crippen MR) is 88.5 cm³/mol. The molecule has 136 valence electrons. The Hall–Kier alpha value is -2.02. The minimum absolute atomic E-state index is 0.0320. The number of hydrogen-bond donors (Lipinski definition) is 2. The van der Waals surface area contributed by atoms with Crippen LogP contribution in [0, 0.1) is 17.6 Å². The van der Waals surface area contributed by atoms with Crippen LogP contribution in [0.3, 0.4) is 0 Å². The average molecular weight is 351 g/mol. The number of amides is 2. The smallest absolute Gasteiger partial charge is 0.245 e. The number of halogens is 2. The van der Waals surface area contributed by atoms with E-state index in [1.807, 2.05) is 13.8 Å². The normalized spacial score (nSPS) is 26.1. The third-order valence-electron chi connectivity index (χ3n) is 4.79. The summed E-state index contributed by atoms with van der Waals surface area (Å²) in [4.78, 5) is 26.5. The maximum absolute atomic E-state index is 13.3. The molecule has 2 N–H and O–H groups in total. The van der Waals surface area contributed by atoms with Crippen LogP contribution in [0.1, 0.15) is 32.3 Å². The van der Waals surface area contributed by atoms with E-state index in [1.165, 1.54) is 6.07 Å². The van der Waals surface area contributed by atoms with E-state index in [4.69, 9.17) is 0 Å². The second-order valence-corrected chi connectivity index (χ2v) is 7.26. The van der Waals surface area contributed by atoms with E-state index in [0.717, 1.165) is 12.1 Å². The molecule has 2 aliphatic heterocycles. The Bertz CT molecular complexity index is 680. The average Bonchev–Trinajstić information content (AvgIpc) is 2.98. The predicted octanol–water partition coefficient (Wildman–Crippen LogP) is 1.57. The van der Waals surface area contributed by atoms with E-state index in [-0.39, 0.29) is 17.9 Å². The molecule has 0 bridgehead atoms. The molecule has 3 rings (SSSR count). The van der Waals surface area contributed by atoms with Gasteiger partial charge in [0.05, 0.1) is 0 Å². The highest BCUT2D eigenvalue weighted by Gasteiger charge is 2.46. The highest BCUT2D eigenvalue weighted by atomic mass is 19.2. The Labute approximate surface area is 145 Å². The van der Waals surface area contributed by atoms with Gasteiger partial charge in [-0.1, -0.05) is 19.9 Å². The number of nitrogens with zero attached hydrogens (tertiary/aromatic N) is 1. The van der Waals surface area contributed by atoms with Crippen LogP contribution in [0.15, 0.2) is 18.2 Å². The third-order valence-corrected chi connectivity index (χ3v) is 4.79. The topological polar surface area (TPSA) is 61.4 Å². The van der Waals surface area contributed by atoms with Gasteiger partial charge in [-0.25, -0.2) is 8.78 Å². The van der Waals surface area contributed by atoms with E-state index in [2.05, 4.69) is 10.6 Å². The van der Waals surface area contributed by atoms with Crippen molar-refractivity contribution < 1.29 is 18.4 Å². The van der Waals surface area contributed by atoms with E-state index < -0.39 is 23.7 Å². The molecule has 1 aromatic carbocycles. The molecule has 2 fully saturated rings. The monoisotopic (exact) mass is 351 g/mol. The summed E-state index contributed by atoms with van der Waals surface area (Å²) in [5.41, 5.74) is 0.622. The molecule has 25 heavy (non-hydrogen) atoms. The zero-order chi connectivity index (χ0) is 18.1. The van der Waals surface area contributed by atoms with Crippen molar-refractivity contribution in [2.45, 2.75) is 51.4 Å². The summed E-state index contributed by atoms with van der Waals surface area (Å²) in [5.74, 6) is -1.58. The first-order chi connectivity index (χ1) is 11.8. The standard InChI is InChI=1S/C18H23F2N3O2/c1-10(2)5-15-18(25)23-9-12(7-16(23)17(24)22-15)21-8-11-3-4-13(19)14(20)6-11/h3-4,6,10,12,15-16,21H,5,7-9H2,1-2H3,(H,22,24)/t12-,15+,16-/m0/s1. The molecule has 1 aromatic rings. The number of carbonyl (C=O) groups is 2. The van der Waals surface area contributed by atoms with Crippen molar-refractivity contribution in [2.24, 2.45) is 5.92 Å². The van der Waals surface area contributed by atoms with Gasteiger partial charge in [-0.2, -0.15) is 0 Å². The summed E-state index contributed by atoms with van der Waals surface area (Å²) in [6, 6.07) is 2.82. The minimum Gasteiger partial charge on any atom is -0.342 e. The maximum atomic E-state index is 13.3. The Kier molecular flexibility index (Phi) is 5.03. The quantitative estimate of drug-likeness (QED) is 0.847. The molecule has 2 amide bonds. The number of benzene rings is 1. The number of nitrogens with one attached hydrogen (secondary N) is 2. The Morgan fingerprint density at radius 3 is 2.72 bits per heavy atom. The number of carbonyl (C=O) groups excluding carboxylic acids is 2. The van der Waals surface area contributed by atoms with Crippen LogP contribution in [0.25, 0.3) is 0 Å². The van der Waals surface area contributed by atoms with Crippen molar-refractivity contribution in [1.82, 2.24) is 15.5 Å². The minimum atomic E-state index is -0.880. The van der Waals surface area contributed by atoms with Crippen LogP contribution < -0.4 is 10.6 Å². The SMILES string of the molecule is CC(C)C[C@H]1NC(=O)[C@@H]2C[C@H](NCc3ccc(F)c(F)c3)CN2C1=O. The van der Waals surface area contributed by atoms with Crippen LogP contribution >= 0.6 is 0 Å². The highest BCUT2D eigenvalue weighted by molar-refractivity contribution is 5.97. The Morgan fingerprint density at radius 1 is 1.28 bits per heavy atom. The molecule has 7 heteroatoms. The molecule has 0 spiro atoms. The number of hydrogen-bond acceptors (Lipinski definition) is 3. The maximum Gasteiger partial charge on any atom is 0.245 e. The molecular weight excluding hydrogens is 328 g/mol. The summed E-state index contributed by atoms with van der Waals surface area (Å²) in [6.45, 7) is 4.84. The van der Waals surface area contributed by atoms with Gasteiger partial charge in [-0.15, -0.1) is 0 Å². The van der Waals surface area contributed by atoms with Crippen LogP contribution in [0.5, 0.6) is 0 Å². The van der Waals surface area contributed by atoms with Crippen LogP contribution in [0.4, 0.5) is 8.78 Å². The summed E-state index contributed by atoms with van der Waals surface area (Å²) in [7, 11) is 0. The fourth-order valence-corrected chi connectivity index (χ4v) is 3.55. The first-order valence-corrected chi connectivity index (χ1v) is 8.63. The lowest BCUT2D eigenvalue weighted by Gasteiger charge is -2.35. The summed E-state index contributed by atoms with van der Waals surface area (Å²) < 4.78 is 26.2. The lowest BCUT2D eigenvalue weighted by atomic mass is 9.99. The van der Waals surface area contributed by atoms with E-state index >= 15 is 0 Å². The van der Waals surface area contributed by atoms with Gasteiger partial charge in [0, 0.05) is 19.1 Å². The zero-order valence-corrected chi connectivity index (χ0v) is 14.4. The molecule has 5 nitrogen and oxygen atoms in total. The van der Waals surface area contributed by atoms with Crippen molar-refractivity contribution in [3.05, 3.63) is 35.4 Å². The second kappa shape index (κ2) is 7.07. The van der Waals surface area contributed by atoms with Gasteiger partial charge in [0.15, 0.2) is 11.6 Å². The summed E-state index contributed by atoms with van der Waals surface area (Å²) >= 11 is 0. The fraction of sp³-hybridized carbons (Fsp3) is 0.556. The van der Waals surface area contributed by atoms with E-state index in [9.17, 15) is 18.4 Å². The van der Waals surface area contributed by atoms with Crippen molar-refractivity contribution in [2.75, 3.05) is 6.54 Å². The van der Waals surface area contributed by atoms with E-state index in [0.29, 0.717) is 37.4 Å². The number of fused-ring (bicyclic) bond motifs is 1. The first-order valence-electron chi connectivity index (χ1n) is 8.63. The molecule has 3 atom stereocenters. The van der Waals surface area contributed by atoms with Gasteiger partial charge in [0.2, 0.25) is 11.8 Å². The van der Waals surface area contributed by atoms with Gasteiger partial charge >= 0.3 is 0 Å². The molecule has 2 heterocycles. The van der Waals surface area contributed by atoms with Crippen molar-refractivity contribution in [3.63, 3.8) is 0 Å². The largest absolute Gasteiger partial charge is 0.342 e. The number of piperazine rings is 1.